The number of rotatable bonds is 7. The lowest BCUT2D eigenvalue weighted by Crippen LogP contribution is -2.13. The lowest BCUT2D eigenvalue weighted by atomic mass is 10.1. The molecule has 2 aromatic heterocycles. The van der Waals surface area contributed by atoms with Gasteiger partial charge in [-0.05, 0) is 61.4 Å². The molecule has 210 valence electrons. The summed E-state index contributed by atoms with van der Waals surface area (Å²) in [5.74, 6) is -0.170. The molecular weight excluding hydrogens is 561 g/mol. The zero-order valence-corrected chi connectivity index (χ0v) is 25.1. The van der Waals surface area contributed by atoms with E-state index in [0.717, 1.165) is 52.6 Å². The Morgan fingerprint density at radius 1 is 0.571 bits per heavy atom. The third-order valence-corrected chi connectivity index (χ3v) is 8.73. The largest absolute Gasteiger partial charge is 0.344 e. The second-order valence-electron chi connectivity index (χ2n) is 10.6. The number of aromatic nitrogens is 2. The van der Waals surface area contributed by atoms with Crippen LogP contribution in [0.2, 0.25) is 0 Å². The second kappa shape index (κ2) is 11.5. The van der Waals surface area contributed by atoms with Gasteiger partial charge < -0.3 is 19.8 Å². The summed E-state index contributed by atoms with van der Waals surface area (Å²) >= 11 is 11.5. The van der Waals surface area contributed by atoms with Crippen LogP contribution in [0.3, 0.4) is 0 Å². The molecule has 0 saturated carbocycles. The number of hydrogen-bond acceptors (Lipinski definition) is 4. The molecule has 0 bridgehead atoms. The molecule has 0 fully saturated rings. The van der Waals surface area contributed by atoms with Crippen LogP contribution in [0.1, 0.15) is 25.7 Å². The molecule has 0 atom stereocenters. The zero-order chi connectivity index (χ0) is 29.4. The van der Waals surface area contributed by atoms with Gasteiger partial charge in [-0.15, -0.1) is 0 Å². The number of amides is 2. The van der Waals surface area contributed by atoms with Gasteiger partial charge in [0.15, 0.2) is 0 Å². The predicted octanol–water partition coefficient (Wildman–Crippen LogP) is 8.57. The monoisotopic (exact) mass is 590 g/mol. The summed E-state index contributed by atoms with van der Waals surface area (Å²) in [5.41, 5.74) is 5.60. The maximum absolute atomic E-state index is 12.7. The first-order valence-corrected chi connectivity index (χ1v) is 14.8. The van der Waals surface area contributed by atoms with E-state index < -0.39 is 0 Å². The van der Waals surface area contributed by atoms with Crippen LogP contribution in [0.4, 0.5) is 11.4 Å². The van der Waals surface area contributed by atoms with E-state index >= 15 is 0 Å². The minimum Gasteiger partial charge on any atom is -0.344 e. The maximum Gasteiger partial charge on any atom is 0.224 e. The Kier molecular flexibility index (Phi) is 7.58. The molecular formula is C34H30N4O2S2. The molecule has 0 radical (unpaired) electrons. The fraction of sp³-hybridized carbons (Fsp3) is 0.176. The van der Waals surface area contributed by atoms with Crippen molar-refractivity contribution in [3.63, 3.8) is 0 Å². The van der Waals surface area contributed by atoms with Gasteiger partial charge in [0.1, 0.15) is 0 Å². The highest BCUT2D eigenvalue weighted by atomic mass is 32.1. The smallest absolute Gasteiger partial charge is 0.224 e. The molecule has 42 heavy (non-hydrogen) atoms. The number of anilines is 2. The molecule has 6 aromatic rings. The van der Waals surface area contributed by atoms with Crippen molar-refractivity contribution in [2.24, 2.45) is 14.1 Å². The maximum atomic E-state index is 12.7. The fourth-order valence-corrected chi connectivity index (χ4v) is 6.33. The molecule has 0 aliphatic rings. The van der Waals surface area contributed by atoms with Gasteiger partial charge in [-0.3, -0.25) is 9.59 Å². The van der Waals surface area contributed by atoms with Crippen molar-refractivity contribution >= 4 is 91.2 Å². The Labute approximate surface area is 253 Å². The highest BCUT2D eigenvalue weighted by Crippen LogP contribution is 2.28. The number of hydrogen-bond donors (Lipinski definition) is 2. The number of para-hydroxylation sites is 2. The Hall–Kier alpha value is -4.40. The van der Waals surface area contributed by atoms with Crippen molar-refractivity contribution in [3.8, 4) is 0 Å². The van der Waals surface area contributed by atoms with Gasteiger partial charge in [0, 0.05) is 81.9 Å². The average Bonchev–Trinajstić information content (AvgIpc) is 3.01. The van der Waals surface area contributed by atoms with Gasteiger partial charge in [0.05, 0.1) is 9.02 Å². The van der Waals surface area contributed by atoms with Gasteiger partial charge in [0.2, 0.25) is 11.8 Å². The lowest BCUT2D eigenvalue weighted by molar-refractivity contribution is -0.118. The van der Waals surface area contributed by atoms with Crippen molar-refractivity contribution in [2.45, 2.75) is 25.7 Å². The molecule has 8 heteroatoms. The highest BCUT2D eigenvalue weighted by molar-refractivity contribution is 7.72. The summed E-state index contributed by atoms with van der Waals surface area (Å²) < 4.78 is 5.79. The van der Waals surface area contributed by atoms with Crippen LogP contribution in [0.5, 0.6) is 0 Å². The number of nitrogens with zero attached hydrogens (tertiary/aromatic N) is 2. The van der Waals surface area contributed by atoms with Crippen LogP contribution in [0.15, 0.2) is 84.9 Å². The Bertz CT molecular complexity index is 2010. The van der Waals surface area contributed by atoms with Crippen LogP contribution in [0.25, 0.3) is 43.6 Å². The molecule has 0 unspecified atom stereocenters. The average molecular weight is 591 g/mol. The molecule has 2 amide bonds. The standard InChI is InChI=1S/C34H30N4O2S2/c1-37-27-11-5-3-9-23(27)33(41)25-19-21(15-17-29(25)37)35-31(39)13-7-8-14-32(40)36-22-16-18-30-26(20-22)34(42)24-10-4-6-12-28(24)38(30)2/h3-6,9-12,15-20H,7-8,13-14H2,1-2H3,(H,35,39)(H,36,40). The normalized spacial score (nSPS) is 11.4. The van der Waals surface area contributed by atoms with Crippen molar-refractivity contribution in [1.29, 1.82) is 0 Å². The highest BCUT2D eigenvalue weighted by Gasteiger charge is 2.11. The van der Waals surface area contributed by atoms with E-state index in [0.29, 0.717) is 37.1 Å². The number of fused-ring (bicyclic) bond motifs is 4. The van der Waals surface area contributed by atoms with E-state index in [1.807, 2.05) is 86.9 Å². The first kappa shape index (κ1) is 27.8. The van der Waals surface area contributed by atoms with Crippen LogP contribution >= 0.6 is 24.4 Å². The lowest BCUT2D eigenvalue weighted by Gasteiger charge is -2.13. The fourth-order valence-electron chi connectivity index (χ4n) is 5.66. The van der Waals surface area contributed by atoms with E-state index in [-0.39, 0.29) is 11.8 Å². The van der Waals surface area contributed by atoms with E-state index in [4.69, 9.17) is 24.4 Å². The van der Waals surface area contributed by atoms with E-state index in [1.165, 1.54) is 0 Å². The summed E-state index contributed by atoms with van der Waals surface area (Å²) in [6, 6.07) is 27.8. The number of pyridine rings is 2. The van der Waals surface area contributed by atoms with E-state index in [9.17, 15) is 9.59 Å². The predicted molar refractivity (Wildman–Crippen MR) is 178 cm³/mol. The van der Waals surface area contributed by atoms with Crippen LogP contribution < -0.4 is 10.6 Å². The van der Waals surface area contributed by atoms with Gasteiger partial charge in [-0.1, -0.05) is 60.8 Å². The number of carbonyl (C=O) groups excluding carboxylic acids is 2. The van der Waals surface area contributed by atoms with Crippen LogP contribution in [-0.2, 0) is 23.7 Å². The van der Waals surface area contributed by atoms with Gasteiger partial charge in [-0.25, -0.2) is 0 Å². The van der Waals surface area contributed by atoms with Gasteiger partial charge >= 0.3 is 0 Å². The summed E-state index contributed by atoms with van der Waals surface area (Å²) in [6.45, 7) is 0. The molecule has 6 rings (SSSR count). The van der Waals surface area contributed by atoms with Crippen molar-refractivity contribution < 1.29 is 9.59 Å². The van der Waals surface area contributed by atoms with E-state index in [1.54, 1.807) is 0 Å². The van der Waals surface area contributed by atoms with Crippen molar-refractivity contribution in [1.82, 2.24) is 9.13 Å². The summed E-state index contributed by atoms with van der Waals surface area (Å²) in [6.07, 6.45) is 1.87. The molecule has 6 nitrogen and oxygen atoms in total. The number of aryl methyl sites for hydroxylation is 2. The van der Waals surface area contributed by atoms with Crippen LogP contribution in [0, 0.1) is 9.02 Å². The minimum absolute atomic E-state index is 0.0848. The number of carbonyl (C=O) groups is 2. The summed E-state index contributed by atoms with van der Waals surface area (Å²) in [4.78, 5) is 25.3. The summed E-state index contributed by atoms with van der Waals surface area (Å²) in [7, 11) is 4.04. The minimum atomic E-state index is -0.0848. The van der Waals surface area contributed by atoms with Crippen LogP contribution in [-0.4, -0.2) is 20.9 Å². The third-order valence-electron chi connectivity index (χ3n) is 7.85. The number of unbranched alkanes of at least 4 members (excludes halogenated alkanes) is 1. The Morgan fingerprint density at radius 3 is 1.38 bits per heavy atom. The molecule has 0 aliphatic carbocycles. The van der Waals surface area contributed by atoms with Crippen molar-refractivity contribution in [3.05, 3.63) is 93.9 Å². The molecule has 4 aromatic carbocycles. The molecule has 2 heterocycles. The van der Waals surface area contributed by atoms with E-state index in [2.05, 4.69) is 31.9 Å². The quantitative estimate of drug-likeness (QED) is 0.111. The Balaban J connectivity index is 1.05. The van der Waals surface area contributed by atoms with Crippen molar-refractivity contribution in [2.75, 3.05) is 10.6 Å². The van der Waals surface area contributed by atoms with Gasteiger partial charge in [-0.2, -0.15) is 0 Å². The first-order valence-electron chi connectivity index (χ1n) is 13.9. The SMILES string of the molecule is Cn1c2ccccc2c(=S)c2cc(NC(=O)CCCCC(=O)Nc3ccc4c(c3)c(=S)c3ccccc3n4C)ccc21. The van der Waals surface area contributed by atoms with Gasteiger partial charge in [0.25, 0.3) is 0 Å². The summed E-state index contributed by atoms with van der Waals surface area (Å²) in [5, 5.41) is 9.87. The topological polar surface area (TPSA) is 68.1 Å². The zero-order valence-electron chi connectivity index (χ0n) is 23.4. The molecule has 0 spiro atoms. The number of nitrogens with one attached hydrogen (secondary N) is 2. The molecule has 0 aliphatic heterocycles. The first-order chi connectivity index (χ1) is 20.3. The third kappa shape index (κ3) is 5.19. The molecule has 0 saturated heterocycles. The second-order valence-corrected chi connectivity index (χ2v) is 11.4. The number of benzene rings is 4. The Morgan fingerprint density at radius 2 is 0.952 bits per heavy atom. The molecule has 2 N–H and O–H groups in total.